The van der Waals surface area contributed by atoms with Crippen LogP contribution in [0.15, 0.2) is 12.4 Å². The second-order valence-corrected chi connectivity index (χ2v) is 5.49. The van der Waals surface area contributed by atoms with Crippen LogP contribution in [-0.2, 0) is 6.54 Å². The molecular formula is C14H22N4. The lowest BCUT2D eigenvalue weighted by Gasteiger charge is -2.32. The molecule has 98 valence electrons. The Labute approximate surface area is 109 Å². The van der Waals surface area contributed by atoms with E-state index in [0.717, 1.165) is 36.6 Å². The molecule has 1 aromatic rings. The summed E-state index contributed by atoms with van der Waals surface area (Å²) in [6.45, 7) is 1.95. The first-order valence-corrected chi connectivity index (χ1v) is 7.10. The fraction of sp³-hybridized carbons (Fsp3) is 0.714. The molecule has 2 fully saturated rings. The summed E-state index contributed by atoms with van der Waals surface area (Å²) in [5, 5.41) is 3.10. The quantitative estimate of drug-likeness (QED) is 0.885. The van der Waals surface area contributed by atoms with Crippen molar-refractivity contribution in [2.45, 2.75) is 44.7 Å². The minimum Gasteiger partial charge on any atom is -0.352 e. The Kier molecular flexibility index (Phi) is 3.46. The van der Waals surface area contributed by atoms with E-state index in [1.807, 2.05) is 19.4 Å². The molecule has 1 aliphatic carbocycles. The lowest BCUT2D eigenvalue weighted by molar-refractivity contribution is 0.341. The highest BCUT2D eigenvalue weighted by Crippen LogP contribution is 2.37. The average Bonchev–Trinajstić information content (AvgIpc) is 2.84. The molecule has 2 atom stereocenters. The van der Waals surface area contributed by atoms with Crippen LogP contribution in [-0.4, -0.2) is 29.6 Å². The second-order valence-electron chi connectivity index (χ2n) is 5.49. The van der Waals surface area contributed by atoms with Crippen molar-refractivity contribution in [1.29, 1.82) is 0 Å². The maximum atomic E-state index is 4.59. The minimum atomic E-state index is 0.725. The first-order chi connectivity index (χ1) is 8.88. The topological polar surface area (TPSA) is 41.1 Å². The first kappa shape index (κ1) is 11.9. The highest BCUT2D eigenvalue weighted by molar-refractivity contribution is 5.39. The van der Waals surface area contributed by atoms with Gasteiger partial charge in [-0.25, -0.2) is 4.98 Å². The third-order valence-corrected chi connectivity index (χ3v) is 4.35. The van der Waals surface area contributed by atoms with Crippen LogP contribution >= 0.6 is 0 Å². The fourth-order valence-corrected chi connectivity index (χ4v) is 3.46. The summed E-state index contributed by atoms with van der Waals surface area (Å²) in [7, 11) is 1.93. The van der Waals surface area contributed by atoms with Crippen LogP contribution in [0.2, 0.25) is 0 Å². The molecule has 1 N–H and O–H groups in total. The summed E-state index contributed by atoms with van der Waals surface area (Å²) < 4.78 is 0. The third-order valence-electron chi connectivity index (χ3n) is 4.35. The van der Waals surface area contributed by atoms with Gasteiger partial charge < -0.3 is 10.2 Å². The van der Waals surface area contributed by atoms with Crippen molar-refractivity contribution in [2.24, 2.45) is 5.92 Å². The zero-order valence-corrected chi connectivity index (χ0v) is 11.1. The van der Waals surface area contributed by atoms with Crippen LogP contribution < -0.4 is 10.2 Å². The molecule has 1 saturated carbocycles. The maximum absolute atomic E-state index is 4.59. The van der Waals surface area contributed by atoms with E-state index in [1.165, 1.54) is 32.1 Å². The van der Waals surface area contributed by atoms with Crippen LogP contribution in [0.4, 0.5) is 5.82 Å². The highest BCUT2D eigenvalue weighted by atomic mass is 15.2. The lowest BCUT2D eigenvalue weighted by atomic mass is 9.85. The zero-order chi connectivity index (χ0) is 12.4. The number of nitrogens with one attached hydrogen (secondary N) is 1. The number of anilines is 1. The zero-order valence-electron chi connectivity index (χ0n) is 11.1. The van der Waals surface area contributed by atoms with Crippen LogP contribution in [0, 0.1) is 5.92 Å². The van der Waals surface area contributed by atoms with E-state index >= 15 is 0 Å². The van der Waals surface area contributed by atoms with Crippen LogP contribution in [0.25, 0.3) is 0 Å². The number of hydrogen-bond donors (Lipinski definition) is 1. The van der Waals surface area contributed by atoms with Gasteiger partial charge in [-0.3, -0.25) is 4.98 Å². The summed E-state index contributed by atoms with van der Waals surface area (Å²) >= 11 is 0. The van der Waals surface area contributed by atoms with Crippen LogP contribution in [0.5, 0.6) is 0 Å². The Bertz CT molecular complexity index is 389. The van der Waals surface area contributed by atoms with E-state index in [4.69, 9.17) is 0 Å². The van der Waals surface area contributed by atoms with Gasteiger partial charge in [0.25, 0.3) is 0 Å². The van der Waals surface area contributed by atoms with Gasteiger partial charge in [0.1, 0.15) is 5.82 Å². The van der Waals surface area contributed by atoms with Crippen molar-refractivity contribution < 1.29 is 0 Å². The molecule has 0 amide bonds. The lowest BCUT2D eigenvalue weighted by Crippen LogP contribution is -2.35. The van der Waals surface area contributed by atoms with Gasteiger partial charge in [0.05, 0.1) is 18.1 Å². The van der Waals surface area contributed by atoms with Gasteiger partial charge in [-0.2, -0.15) is 0 Å². The van der Waals surface area contributed by atoms with Crippen molar-refractivity contribution >= 4 is 5.82 Å². The molecule has 2 aliphatic rings. The van der Waals surface area contributed by atoms with E-state index in [9.17, 15) is 0 Å². The molecule has 0 spiro atoms. The van der Waals surface area contributed by atoms with Gasteiger partial charge in [-0.15, -0.1) is 0 Å². The van der Waals surface area contributed by atoms with Crippen LogP contribution in [0.1, 0.15) is 37.8 Å². The number of fused-ring (bicyclic) bond motifs is 1. The van der Waals surface area contributed by atoms with Crippen molar-refractivity contribution in [1.82, 2.24) is 15.3 Å². The summed E-state index contributed by atoms with van der Waals surface area (Å²) in [5.41, 5.74) is 1.01. The summed E-state index contributed by atoms with van der Waals surface area (Å²) in [4.78, 5) is 11.6. The fourth-order valence-electron chi connectivity index (χ4n) is 3.46. The molecule has 4 heteroatoms. The van der Waals surface area contributed by atoms with E-state index < -0.39 is 0 Å². The molecule has 0 aromatic carbocycles. The Morgan fingerprint density at radius 3 is 2.89 bits per heavy atom. The third kappa shape index (κ3) is 2.21. The van der Waals surface area contributed by atoms with E-state index in [0.29, 0.717) is 0 Å². The standard InChI is InChI=1S/C14H22N4/c1-15-8-12-9-17-14(10-16-12)18-7-6-11-4-2-3-5-13(11)18/h9-11,13,15H,2-8H2,1H3. The molecule has 1 saturated heterocycles. The van der Waals surface area contributed by atoms with Crippen molar-refractivity contribution in [3.63, 3.8) is 0 Å². The summed E-state index contributed by atoms with van der Waals surface area (Å²) in [6.07, 6.45) is 10.7. The number of hydrogen-bond acceptors (Lipinski definition) is 4. The van der Waals surface area contributed by atoms with Gasteiger partial charge in [0.2, 0.25) is 0 Å². The number of nitrogens with zero attached hydrogens (tertiary/aromatic N) is 3. The van der Waals surface area contributed by atoms with Crippen molar-refractivity contribution in [3.8, 4) is 0 Å². The molecule has 0 radical (unpaired) electrons. The molecule has 2 unspecified atom stereocenters. The van der Waals surface area contributed by atoms with Crippen molar-refractivity contribution in [2.75, 3.05) is 18.5 Å². The monoisotopic (exact) mass is 246 g/mol. The summed E-state index contributed by atoms with van der Waals surface area (Å²) in [6, 6.07) is 0.725. The van der Waals surface area contributed by atoms with Gasteiger partial charge in [-0.05, 0) is 32.2 Å². The highest BCUT2D eigenvalue weighted by Gasteiger charge is 2.36. The Balaban J connectivity index is 1.74. The smallest absolute Gasteiger partial charge is 0.147 e. The maximum Gasteiger partial charge on any atom is 0.147 e. The van der Waals surface area contributed by atoms with Gasteiger partial charge in [0, 0.05) is 19.1 Å². The molecule has 18 heavy (non-hydrogen) atoms. The largest absolute Gasteiger partial charge is 0.352 e. The molecular weight excluding hydrogens is 224 g/mol. The molecule has 3 rings (SSSR count). The number of rotatable bonds is 3. The van der Waals surface area contributed by atoms with E-state index in [1.54, 1.807) is 0 Å². The Hall–Kier alpha value is -1.16. The predicted octanol–water partition coefficient (Wildman–Crippen LogP) is 1.96. The van der Waals surface area contributed by atoms with Gasteiger partial charge in [-0.1, -0.05) is 12.8 Å². The molecule has 1 aromatic heterocycles. The minimum absolute atomic E-state index is 0.725. The number of aromatic nitrogens is 2. The molecule has 4 nitrogen and oxygen atoms in total. The predicted molar refractivity (Wildman–Crippen MR) is 72.5 cm³/mol. The van der Waals surface area contributed by atoms with Gasteiger partial charge >= 0.3 is 0 Å². The average molecular weight is 246 g/mol. The second kappa shape index (κ2) is 5.22. The first-order valence-electron chi connectivity index (χ1n) is 7.10. The molecule has 2 heterocycles. The Morgan fingerprint density at radius 1 is 1.22 bits per heavy atom. The van der Waals surface area contributed by atoms with Crippen LogP contribution in [0.3, 0.4) is 0 Å². The summed E-state index contributed by atoms with van der Waals surface area (Å²) in [5.74, 6) is 1.97. The SMILES string of the molecule is CNCc1cnc(N2CCC3CCCCC32)cn1. The van der Waals surface area contributed by atoms with E-state index in [-0.39, 0.29) is 0 Å². The van der Waals surface area contributed by atoms with Gasteiger partial charge in [0.15, 0.2) is 0 Å². The molecule has 1 aliphatic heterocycles. The van der Waals surface area contributed by atoms with Crippen molar-refractivity contribution in [3.05, 3.63) is 18.1 Å². The normalized spacial score (nSPS) is 27.3. The Morgan fingerprint density at radius 2 is 2.11 bits per heavy atom. The molecule has 0 bridgehead atoms. The van der Waals surface area contributed by atoms with E-state index in [2.05, 4.69) is 20.2 Å².